The highest BCUT2D eigenvalue weighted by molar-refractivity contribution is 7.89. The first-order chi connectivity index (χ1) is 15.2. The van der Waals surface area contributed by atoms with Gasteiger partial charge >= 0.3 is 0 Å². The molecule has 0 atom stereocenters. The Labute approximate surface area is 188 Å². The summed E-state index contributed by atoms with van der Waals surface area (Å²) in [4.78, 5) is 19.1. The van der Waals surface area contributed by atoms with Crippen LogP contribution in [-0.4, -0.2) is 24.7 Å². The van der Waals surface area contributed by atoms with E-state index in [9.17, 15) is 18.3 Å². The van der Waals surface area contributed by atoms with Crippen molar-refractivity contribution in [2.45, 2.75) is 11.4 Å². The third-order valence-corrected chi connectivity index (χ3v) is 6.23. The van der Waals surface area contributed by atoms with Crippen molar-refractivity contribution in [1.82, 2.24) is 4.98 Å². The second-order valence-electron chi connectivity index (χ2n) is 7.12. The lowest BCUT2D eigenvalue weighted by molar-refractivity contribution is 0.452. The molecule has 1 aromatic heterocycles. The number of hydrogen-bond donors (Lipinski definition) is 3. The van der Waals surface area contributed by atoms with Gasteiger partial charge in [0.1, 0.15) is 0 Å². The van der Waals surface area contributed by atoms with Gasteiger partial charge in [-0.15, -0.1) is 0 Å². The van der Waals surface area contributed by atoms with Crippen LogP contribution in [0.25, 0.3) is 21.9 Å². The van der Waals surface area contributed by atoms with Gasteiger partial charge in [0, 0.05) is 27.6 Å². The number of pyridine rings is 1. The van der Waals surface area contributed by atoms with Crippen LogP contribution in [0.4, 0.5) is 0 Å². The number of hydrogen-bond acceptors (Lipinski definition) is 5. The lowest BCUT2D eigenvalue weighted by atomic mass is 9.99. The number of aromatic nitrogens is 1. The van der Waals surface area contributed by atoms with Crippen LogP contribution in [0.5, 0.6) is 5.88 Å². The fraction of sp³-hybridized carbons (Fsp3) is 0.0435. The van der Waals surface area contributed by atoms with E-state index in [1.165, 1.54) is 18.3 Å². The molecule has 32 heavy (non-hydrogen) atoms. The summed E-state index contributed by atoms with van der Waals surface area (Å²) in [6.45, 7) is 0.231. The second kappa shape index (κ2) is 8.58. The van der Waals surface area contributed by atoms with Gasteiger partial charge in [-0.2, -0.15) is 0 Å². The van der Waals surface area contributed by atoms with Crippen LogP contribution in [0.1, 0.15) is 11.1 Å². The van der Waals surface area contributed by atoms with Crippen molar-refractivity contribution in [3.63, 3.8) is 0 Å². The maximum Gasteiger partial charge on any atom is 0.258 e. The first-order valence-electron chi connectivity index (χ1n) is 9.49. The standard InChI is InChI=1S/C23H18ClN3O4S/c24-21-4-2-1-3-17(21)15-7-10-18-19(11-15)20(23(29)27-22(18)28)13-26-12-14-5-8-16(9-6-14)32(25,30)31/h1-11,13H,12H2,(H2,25,30,31)(H2,27,28,29). The number of benzene rings is 3. The van der Waals surface area contributed by atoms with E-state index in [0.717, 1.165) is 16.7 Å². The quantitative estimate of drug-likeness (QED) is 0.385. The minimum atomic E-state index is -3.76. The van der Waals surface area contributed by atoms with Gasteiger partial charge in [-0.05, 0) is 41.5 Å². The zero-order valence-electron chi connectivity index (χ0n) is 16.6. The Morgan fingerprint density at radius 3 is 2.44 bits per heavy atom. The molecule has 0 amide bonds. The number of aromatic amines is 1. The van der Waals surface area contributed by atoms with Gasteiger partial charge in [0.2, 0.25) is 15.9 Å². The van der Waals surface area contributed by atoms with Gasteiger partial charge in [-0.25, -0.2) is 13.6 Å². The van der Waals surface area contributed by atoms with Crippen molar-refractivity contribution in [3.8, 4) is 17.0 Å². The number of aromatic hydroxyl groups is 1. The van der Waals surface area contributed by atoms with Gasteiger partial charge in [-0.3, -0.25) is 14.8 Å². The highest BCUT2D eigenvalue weighted by Gasteiger charge is 2.12. The Morgan fingerprint density at radius 2 is 1.75 bits per heavy atom. The number of aliphatic imine (C=N–C) groups is 1. The average molecular weight is 468 g/mol. The zero-order valence-corrected chi connectivity index (χ0v) is 18.2. The summed E-state index contributed by atoms with van der Waals surface area (Å²) >= 11 is 6.31. The van der Waals surface area contributed by atoms with Crippen LogP contribution in [0, 0.1) is 0 Å². The maximum atomic E-state index is 12.3. The smallest absolute Gasteiger partial charge is 0.258 e. The summed E-state index contributed by atoms with van der Waals surface area (Å²) in [5.74, 6) is -0.299. The van der Waals surface area contributed by atoms with E-state index < -0.39 is 15.6 Å². The summed E-state index contributed by atoms with van der Waals surface area (Å²) in [7, 11) is -3.76. The number of H-pyrrole nitrogens is 1. The van der Waals surface area contributed by atoms with Crippen molar-refractivity contribution >= 4 is 38.6 Å². The molecule has 0 aliphatic carbocycles. The number of nitrogens with zero attached hydrogens (tertiary/aromatic N) is 1. The summed E-state index contributed by atoms with van der Waals surface area (Å²) in [6.07, 6.45) is 1.47. The number of nitrogens with two attached hydrogens (primary N) is 1. The fourth-order valence-corrected chi connectivity index (χ4v) is 4.12. The minimum absolute atomic E-state index is 0.0154. The number of nitrogens with one attached hydrogen (secondary N) is 1. The fourth-order valence-electron chi connectivity index (χ4n) is 3.36. The van der Waals surface area contributed by atoms with E-state index in [4.69, 9.17) is 16.7 Å². The molecule has 0 aliphatic heterocycles. The Bertz CT molecular complexity index is 1510. The van der Waals surface area contributed by atoms with E-state index in [1.54, 1.807) is 36.4 Å². The van der Waals surface area contributed by atoms with Crippen molar-refractivity contribution < 1.29 is 13.5 Å². The van der Waals surface area contributed by atoms with E-state index in [1.807, 2.05) is 18.2 Å². The normalized spacial score (nSPS) is 11.9. The predicted molar refractivity (Wildman–Crippen MR) is 126 cm³/mol. The molecule has 0 unspecified atom stereocenters. The van der Waals surface area contributed by atoms with Gasteiger partial charge in [0.15, 0.2) is 0 Å². The summed E-state index contributed by atoms with van der Waals surface area (Å²) in [5.41, 5.74) is 2.28. The number of sulfonamides is 1. The first-order valence-corrected chi connectivity index (χ1v) is 11.4. The SMILES string of the molecule is NS(=O)(=O)c1ccc(CN=Cc2c(O)[nH]c(=O)c3ccc(-c4ccccc4Cl)cc23)cc1. The van der Waals surface area contributed by atoms with Gasteiger partial charge in [0.05, 0.1) is 17.0 Å². The van der Waals surface area contributed by atoms with Crippen LogP contribution >= 0.6 is 11.6 Å². The van der Waals surface area contributed by atoms with Crippen LogP contribution in [0.3, 0.4) is 0 Å². The molecule has 7 nitrogen and oxygen atoms in total. The van der Waals surface area contributed by atoms with E-state index in [0.29, 0.717) is 21.4 Å². The van der Waals surface area contributed by atoms with E-state index >= 15 is 0 Å². The molecule has 0 radical (unpaired) electrons. The third-order valence-electron chi connectivity index (χ3n) is 4.97. The molecular formula is C23H18ClN3O4S. The number of halogens is 1. The molecule has 0 saturated carbocycles. The largest absolute Gasteiger partial charge is 0.494 e. The van der Waals surface area contributed by atoms with E-state index in [2.05, 4.69) is 9.98 Å². The Kier molecular flexibility index (Phi) is 5.84. The van der Waals surface area contributed by atoms with Crippen LogP contribution in [-0.2, 0) is 16.6 Å². The lowest BCUT2D eigenvalue weighted by Crippen LogP contribution is -2.11. The molecule has 0 saturated heterocycles. The molecule has 3 aromatic carbocycles. The van der Waals surface area contributed by atoms with Crippen molar-refractivity contribution in [2.75, 3.05) is 0 Å². The van der Waals surface area contributed by atoms with E-state index in [-0.39, 0.29) is 17.3 Å². The van der Waals surface area contributed by atoms with Crippen molar-refractivity contribution in [1.29, 1.82) is 0 Å². The Morgan fingerprint density at radius 1 is 1.03 bits per heavy atom. The van der Waals surface area contributed by atoms with Gasteiger partial charge in [0.25, 0.3) is 5.56 Å². The van der Waals surface area contributed by atoms with Gasteiger partial charge < -0.3 is 5.11 Å². The number of rotatable bonds is 5. The summed E-state index contributed by atoms with van der Waals surface area (Å²) in [6, 6.07) is 18.6. The second-order valence-corrected chi connectivity index (χ2v) is 9.08. The summed E-state index contributed by atoms with van der Waals surface area (Å²) in [5, 5.41) is 17.0. The molecule has 1 heterocycles. The molecular weight excluding hydrogens is 450 g/mol. The van der Waals surface area contributed by atoms with Gasteiger partial charge in [-0.1, -0.05) is 48.0 Å². The Hall–Kier alpha value is -3.46. The lowest BCUT2D eigenvalue weighted by Gasteiger charge is -2.09. The predicted octanol–water partition coefficient (Wildman–Crippen LogP) is 3.82. The molecule has 0 spiro atoms. The zero-order chi connectivity index (χ0) is 22.9. The highest BCUT2D eigenvalue weighted by atomic mass is 35.5. The molecule has 4 rings (SSSR count). The molecule has 0 fully saturated rings. The monoisotopic (exact) mass is 467 g/mol. The molecule has 4 N–H and O–H groups in total. The third kappa shape index (κ3) is 4.43. The topological polar surface area (TPSA) is 126 Å². The number of primary sulfonamides is 1. The average Bonchev–Trinajstić information content (AvgIpc) is 2.75. The van der Waals surface area contributed by atoms with Crippen LogP contribution in [0.15, 0.2) is 81.4 Å². The Balaban J connectivity index is 1.72. The molecule has 0 bridgehead atoms. The minimum Gasteiger partial charge on any atom is -0.494 e. The first kappa shape index (κ1) is 21.8. The molecule has 162 valence electrons. The van der Waals surface area contributed by atoms with Crippen LogP contribution < -0.4 is 10.7 Å². The summed E-state index contributed by atoms with van der Waals surface area (Å²) < 4.78 is 22.7. The molecule has 9 heteroatoms. The highest BCUT2D eigenvalue weighted by Crippen LogP contribution is 2.31. The molecule has 4 aromatic rings. The van der Waals surface area contributed by atoms with Crippen molar-refractivity contribution in [3.05, 3.63) is 93.2 Å². The number of fused-ring (bicyclic) bond motifs is 1. The maximum absolute atomic E-state index is 12.3. The van der Waals surface area contributed by atoms with Crippen LogP contribution in [0.2, 0.25) is 5.02 Å². The molecule has 0 aliphatic rings. The van der Waals surface area contributed by atoms with Crippen molar-refractivity contribution in [2.24, 2.45) is 10.1 Å².